The minimum absolute atomic E-state index is 0.0499. The second kappa shape index (κ2) is 5.47. The summed E-state index contributed by atoms with van der Waals surface area (Å²) >= 11 is 0. The minimum Gasteiger partial charge on any atom is -0.393 e. The topological polar surface area (TPSA) is 49.3 Å². The first kappa shape index (κ1) is 15.9. The van der Waals surface area contributed by atoms with E-state index in [0.29, 0.717) is 16.9 Å². The molecule has 23 heavy (non-hydrogen) atoms. The number of hydrogen-bond donors (Lipinski definition) is 2. The molecule has 4 fully saturated rings. The lowest BCUT2D eigenvalue weighted by Gasteiger charge is -2.60. The smallest absolute Gasteiger partial charge is 0.207 e. The molecule has 0 spiro atoms. The van der Waals surface area contributed by atoms with Crippen LogP contribution < -0.4 is 5.32 Å². The molecule has 4 saturated carbocycles. The van der Waals surface area contributed by atoms with Crippen molar-refractivity contribution in [1.29, 1.82) is 0 Å². The molecule has 4 rings (SSSR count). The summed E-state index contributed by atoms with van der Waals surface area (Å²) in [5, 5.41) is 13.2. The molecule has 8 atom stereocenters. The van der Waals surface area contributed by atoms with Crippen LogP contribution in [-0.4, -0.2) is 23.7 Å². The lowest BCUT2D eigenvalue weighted by molar-refractivity contribution is -0.126. The second-order valence-electron chi connectivity index (χ2n) is 9.54. The molecule has 4 aliphatic carbocycles. The third-order valence-electron chi connectivity index (χ3n) is 8.91. The Morgan fingerprint density at radius 1 is 0.957 bits per heavy atom. The number of fused-ring (bicyclic) bond motifs is 5. The fourth-order valence-corrected chi connectivity index (χ4v) is 7.59. The average molecular weight is 319 g/mol. The van der Waals surface area contributed by atoms with E-state index >= 15 is 0 Å². The number of hydrogen-bond acceptors (Lipinski definition) is 2. The van der Waals surface area contributed by atoms with Crippen LogP contribution in [0.5, 0.6) is 0 Å². The molecule has 0 radical (unpaired) electrons. The fraction of sp³-hybridized carbons (Fsp3) is 0.950. The van der Waals surface area contributed by atoms with E-state index in [1.165, 1.54) is 44.9 Å². The Labute approximate surface area is 140 Å². The molecule has 0 heterocycles. The van der Waals surface area contributed by atoms with Crippen molar-refractivity contribution in [3.8, 4) is 0 Å². The second-order valence-corrected chi connectivity index (χ2v) is 9.54. The summed E-state index contributed by atoms with van der Waals surface area (Å²) < 4.78 is 0. The van der Waals surface area contributed by atoms with Crippen molar-refractivity contribution < 1.29 is 9.90 Å². The van der Waals surface area contributed by atoms with Gasteiger partial charge in [-0.25, -0.2) is 0 Å². The van der Waals surface area contributed by atoms with E-state index in [4.69, 9.17) is 0 Å². The summed E-state index contributed by atoms with van der Waals surface area (Å²) in [6.45, 7) is 4.99. The highest BCUT2D eigenvalue weighted by molar-refractivity contribution is 5.47. The molecule has 2 N–H and O–H groups in total. The number of nitrogens with one attached hydrogen (secondary N) is 1. The molecule has 4 aliphatic rings. The minimum atomic E-state index is -0.0499. The molecule has 0 unspecified atom stereocenters. The molecule has 0 aromatic heterocycles. The van der Waals surface area contributed by atoms with Gasteiger partial charge < -0.3 is 10.4 Å². The predicted octanol–water partition coefficient (Wildman–Crippen LogP) is 3.50. The van der Waals surface area contributed by atoms with Gasteiger partial charge in [-0.05, 0) is 92.3 Å². The van der Waals surface area contributed by atoms with Crippen molar-refractivity contribution in [1.82, 2.24) is 5.32 Å². The van der Waals surface area contributed by atoms with E-state index in [-0.39, 0.29) is 6.10 Å². The lowest BCUT2D eigenvalue weighted by Crippen LogP contribution is -2.55. The van der Waals surface area contributed by atoms with Crippen LogP contribution in [0.2, 0.25) is 0 Å². The third-order valence-corrected chi connectivity index (χ3v) is 8.91. The van der Waals surface area contributed by atoms with E-state index in [0.717, 1.165) is 42.9 Å². The van der Waals surface area contributed by atoms with E-state index in [2.05, 4.69) is 19.2 Å². The number of rotatable bonds is 2. The van der Waals surface area contributed by atoms with Crippen LogP contribution in [-0.2, 0) is 4.79 Å². The molecule has 0 aliphatic heterocycles. The van der Waals surface area contributed by atoms with Gasteiger partial charge in [-0.2, -0.15) is 0 Å². The molecule has 0 aromatic rings. The molecule has 3 nitrogen and oxygen atoms in total. The van der Waals surface area contributed by atoms with Gasteiger partial charge in [0.05, 0.1) is 6.10 Å². The van der Waals surface area contributed by atoms with Crippen LogP contribution in [0.3, 0.4) is 0 Å². The maximum Gasteiger partial charge on any atom is 0.207 e. The highest BCUT2D eigenvalue weighted by Gasteiger charge is 2.60. The Kier molecular flexibility index (Phi) is 3.79. The Hall–Kier alpha value is -0.570. The zero-order valence-electron chi connectivity index (χ0n) is 14.8. The number of carbonyl (C=O) groups excluding carboxylic acids is 1. The standard InChI is InChI=1S/C20H33NO2/c1-19-9-7-14(23)11-13(19)3-4-15-16-5-6-18(21-12-22)20(16,2)10-8-17(15)19/h12-18,23H,3-11H2,1-2H3,(H,21,22)/t13-,14-,15-,16-,17-,18-,19-,20-/m0/s1. The van der Waals surface area contributed by atoms with Gasteiger partial charge >= 0.3 is 0 Å². The summed E-state index contributed by atoms with van der Waals surface area (Å²) in [4.78, 5) is 11.0. The summed E-state index contributed by atoms with van der Waals surface area (Å²) in [6, 6.07) is 0.393. The first-order valence-corrected chi connectivity index (χ1v) is 9.87. The van der Waals surface area contributed by atoms with Crippen molar-refractivity contribution in [2.24, 2.45) is 34.5 Å². The monoisotopic (exact) mass is 319 g/mol. The first-order chi connectivity index (χ1) is 11.0. The van der Waals surface area contributed by atoms with E-state index < -0.39 is 0 Å². The lowest BCUT2D eigenvalue weighted by atomic mass is 9.45. The molecule has 0 aromatic carbocycles. The van der Waals surface area contributed by atoms with Gasteiger partial charge in [0.15, 0.2) is 0 Å². The number of aliphatic hydroxyl groups is 1. The Morgan fingerprint density at radius 2 is 1.70 bits per heavy atom. The van der Waals surface area contributed by atoms with Crippen LogP contribution in [0.15, 0.2) is 0 Å². The van der Waals surface area contributed by atoms with Gasteiger partial charge in [-0.1, -0.05) is 13.8 Å². The van der Waals surface area contributed by atoms with Crippen LogP contribution in [0.1, 0.15) is 71.6 Å². The number of amides is 1. The Morgan fingerprint density at radius 3 is 2.48 bits per heavy atom. The molecule has 0 bridgehead atoms. The van der Waals surface area contributed by atoms with Crippen LogP contribution in [0, 0.1) is 34.5 Å². The predicted molar refractivity (Wildman–Crippen MR) is 90.7 cm³/mol. The quantitative estimate of drug-likeness (QED) is 0.765. The molecule has 0 saturated heterocycles. The van der Waals surface area contributed by atoms with Crippen molar-refractivity contribution in [2.75, 3.05) is 0 Å². The number of carbonyl (C=O) groups is 1. The van der Waals surface area contributed by atoms with E-state index in [1.807, 2.05) is 0 Å². The summed E-state index contributed by atoms with van der Waals surface area (Å²) in [5.41, 5.74) is 0.777. The normalized spacial score (nSPS) is 55.4. The maximum atomic E-state index is 11.0. The largest absolute Gasteiger partial charge is 0.393 e. The number of aliphatic hydroxyl groups excluding tert-OH is 1. The van der Waals surface area contributed by atoms with Crippen molar-refractivity contribution in [2.45, 2.75) is 83.8 Å². The van der Waals surface area contributed by atoms with Gasteiger partial charge in [0.2, 0.25) is 6.41 Å². The highest BCUT2D eigenvalue weighted by atomic mass is 16.3. The van der Waals surface area contributed by atoms with Crippen molar-refractivity contribution in [3.63, 3.8) is 0 Å². The summed E-state index contributed by atoms with van der Waals surface area (Å²) in [6.07, 6.45) is 11.9. The van der Waals surface area contributed by atoms with E-state index in [9.17, 15) is 9.90 Å². The van der Waals surface area contributed by atoms with Gasteiger partial charge in [-0.3, -0.25) is 4.79 Å². The maximum absolute atomic E-state index is 11.0. The third kappa shape index (κ3) is 2.22. The van der Waals surface area contributed by atoms with Crippen LogP contribution in [0.4, 0.5) is 0 Å². The van der Waals surface area contributed by atoms with Gasteiger partial charge in [-0.15, -0.1) is 0 Å². The zero-order chi connectivity index (χ0) is 16.2. The van der Waals surface area contributed by atoms with Crippen molar-refractivity contribution in [3.05, 3.63) is 0 Å². The van der Waals surface area contributed by atoms with E-state index in [1.54, 1.807) is 0 Å². The SMILES string of the molecule is C[C@]12CC[C@H](O)C[C@@H]1CC[C@@H]1[C@@H]2CC[C@]2(C)[C@@H](NC=O)CC[C@@H]12. The molecule has 3 heteroatoms. The highest BCUT2D eigenvalue weighted by Crippen LogP contribution is 2.66. The Bertz CT molecular complexity index is 480. The first-order valence-electron chi connectivity index (χ1n) is 9.87. The molecule has 1 amide bonds. The molecular formula is C20H33NO2. The van der Waals surface area contributed by atoms with Crippen molar-refractivity contribution >= 4 is 6.41 Å². The Balaban J connectivity index is 1.59. The zero-order valence-corrected chi connectivity index (χ0v) is 14.8. The van der Waals surface area contributed by atoms with Gasteiger partial charge in [0.1, 0.15) is 0 Å². The van der Waals surface area contributed by atoms with Gasteiger partial charge in [0.25, 0.3) is 0 Å². The molecular weight excluding hydrogens is 286 g/mol. The summed E-state index contributed by atoms with van der Waals surface area (Å²) in [5.74, 6) is 3.23. The van der Waals surface area contributed by atoms with Crippen LogP contribution in [0.25, 0.3) is 0 Å². The summed E-state index contributed by atoms with van der Waals surface area (Å²) in [7, 11) is 0. The average Bonchev–Trinajstić information content (AvgIpc) is 2.85. The molecule has 130 valence electrons. The fourth-order valence-electron chi connectivity index (χ4n) is 7.59. The van der Waals surface area contributed by atoms with Gasteiger partial charge in [0, 0.05) is 6.04 Å². The van der Waals surface area contributed by atoms with Crippen LogP contribution >= 0.6 is 0 Å².